The van der Waals surface area contributed by atoms with Crippen molar-refractivity contribution in [2.45, 2.75) is 23.7 Å². The molecule has 1 saturated heterocycles. The third kappa shape index (κ3) is 2.58. The Bertz CT molecular complexity index is 409. The molecular weight excluding hydrogens is 242 g/mol. The first-order chi connectivity index (χ1) is 8.86. The Morgan fingerprint density at radius 3 is 3.11 bits per heavy atom. The van der Waals surface area contributed by atoms with Crippen molar-refractivity contribution in [3.8, 4) is 0 Å². The molecule has 18 heavy (non-hydrogen) atoms. The maximum Gasteiger partial charge on any atom is 0.0434 e. The van der Waals surface area contributed by atoms with E-state index in [0.29, 0.717) is 12.5 Å². The Morgan fingerprint density at radius 1 is 1.33 bits per heavy atom. The quantitative estimate of drug-likeness (QED) is 0.903. The summed E-state index contributed by atoms with van der Waals surface area (Å²) in [4.78, 5) is 4.07. The SMILES string of the molecule is OCCC1CCN(CC2CSc3ccccc32)C1. The predicted molar refractivity (Wildman–Crippen MR) is 76.2 cm³/mol. The Morgan fingerprint density at radius 2 is 2.22 bits per heavy atom. The number of benzene rings is 1. The number of nitrogens with zero attached hydrogens (tertiary/aromatic N) is 1. The summed E-state index contributed by atoms with van der Waals surface area (Å²) in [6.07, 6.45) is 2.24. The fourth-order valence-electron chi connectivity index (χ4n) is 3.19. The summed E-state index contributed by atoms with van der Waals surface area (Å²) in [7, 11) is 0. The van der Waals surface area contributed by atoms with Crippen LogP contribution < -0.4 is 0 Å². The number of likely N-dealkylation sites (tertiary alicyclic amines) is 1. The van der Waals surface area contributed by atoms with Crippen LogP contribution in [-0.2, 0) is 0 Å². The lowest BCUT2D eigenvalue weighted by Gasteiger charge is -2.20. The second-order valence-corrected chi connectivity index (χ2v) is 6.53. The normalized spacial score (nSPS) is 27.6. The first-order valence-electron chi connectivity index (χ1n) is 6.91. The van der Waals surface area contributed by atoms with Crippen molar-refractivity contribution in [2.24, 2.45) is 5.92 Å². The maximum atomic E-state index is 9.01. The molecule has 2 aliphatic rings. The van der Waals surface area contributed by atoms with E-state index in [1.165, 1.54) is 36.7 Å². The van der Waals surface area contributed by atoms with Crippen molar-refractivity contribution in [2.75, 3.05) is 32.0 Å². The van der Waals surface area contributed by atoms with Gasteiger partial charge in [0.2, 0.25) is 0 Å². The molecule has 0 radical (unpaired) electrons. The summed E-state index contributed by atoms with van der Waals surface area (Å²) >= 11 is 2.00. The van der Waals surface area contributed by atoms with Crippen molar-refractivity contribution in [3.05, 3.63) is 29.8 Å². The van der Waals surface area contributed by atoms with Crippen molar-refractivity contribution in [1.29, 1.82) is 0 Å². The van der Waals surface area contributed by atoms with Gasteiger partial charge in [-0.2, -0.15) is 0 Å². The molecule has 3 heteroatoms. The van der Waals surface area contributed by atoms with Crippen LogP contribution in [0.1, 0.15) is 24.3 Å². The third-order valence-corrected chi connectivity index (χ3v) is 5.44. The van der Waals surface area contributed by atoms with Crippen molar-refractivity contribution < 1.29 is 5.11 Å². The van der Waals surface area contributed by atoms with Crippen molar-refractivity contribution >= 4 is 11.8 Å². The zero-order valence-corrected chi connectivity index (χ0v) is 11.5. The van der Waals surface area contributed by atoms with Crippen LogP contribution in [0.3, 0.4) is 0 Å². The van der Waals surface area contributed by atoms with Crippen LogP contribution in [0.2, 0.25) is 0 Å². The highest BCUT2D eigenvalue weighted by atomic mass is 32.2. The summed E-state index contributed by atoms with van der Waals surface area (Å²) in [6, 6.07) is 8.84. The standard InChI is InChI=1S/C15H21NOS/c17-8-6-12-5-7-16(9-12)10-13-11-18-15-4-2-1-3-14(13)15/h1-4,12-13,17H,5-11H2. The third-order valence-electron chi connectivity index (χ3n) is 4.18. The number of fused-ring (bicyclic) bond motifs is 1. The first kappa shape index (κ1) is 12.5. The Labute approximate surface area is 113 Å². The van der Waals surface area contributed by atoms with E-state index in [2.05, 4.69) is 29.2 Å². The van der Waals surface area contributed by atoms with Crippen molar-refractivity contribution in [3.63, 3.8) is 0 Å². The van der Waals surface area contributed by atoms with Crippen LogP contribution in [0.4, 0.5) is 0 Å². The largest absolute Gasteiger partial charge is 0.396 e. The molecule has 3 rings (SSSR count). The highest BCUT2D eigenvalue weighted by molar-refractivity contribution is 7.99. The van der Waals surface area contributed by atoms with Crippen LogP contribution in [0.5, 0.6) is 0 Å². The summed E-state index contributed by atoms with van der Waals surface area (Å²) in [5, 5.41) is 9.01. The topological polar surface area (TPSA) is 23.5 Å². The minimum Gasteiger partial charge on any atom is -0.396 e. The molecule has 2 nitrogen and oxygen atoms in total. The molecule has 0 saturated carbocycles. The second kappa shape index (κ2) is 5.64. The number of rotatable bonds is 4. The number of thioether (sulfide) groups is 1. The first-order valence-corrected chi connectivity index (χ1v) is 7.90. The maximum absolute atomic E-state index is 9.01. The van der Waals surface area contributed by atoms with E-state index < -0.39 is 0 Å². The lowest BCUT2D eigenvalue weighted by atomic mass is 10.0. The van der Waals surface area contributed by atoms with Gasteiger partial charge in [0.25, 0.3) is 0 Å². The second-order valence-electron chi connectivity index (χ2n) is 5.47. The molecule has 1 aromatic rings. The van der Waals surface area contributed by atoms with E-state index in [9.17, 15) is 0 Å². The van der Waals surface area contributed by atoms with E-state index >= 15 is 0 Å². The van der Waals surface area contributed by atoms with Gasteiger partial charge in [0.15, 0.2) is 0 Å². The number of hydrogen-bond donors (Lipinski definition) is 1. The summed E-state index contributed by atoms with van der Waals surface area (Å²) in [5.74, 6) is 2.67. The molecule has 1 N–H and O–H groups in total. The zero-order chi connectivity index (χ0) is 12.4. The van der Waals surface area contributed by atoms with Gasteiger partial charge >= 0.3 is 0 Å². The molecule has 0 amide bonds. The minimum absolute atomic E-state index is 0.348. The molecule has 1 aromatic carbocycles. The Hall–Kier alpha value is -0.510. The lowest BCUT2D eigenvalue weighted by molar-refractivity contribution is 0.249. The molecular formula is C15H21NOS. The van der Waals surface area contributed by atoms with Gasteiger partial charge in [-0.25, -0.2) is 0 Å². The van der Waals surface area contributed by atoms with Crippen LogP contribution in [0, 0.1) is 5.92 Å². The molecule has 1 fully saturated rings. The summed E-state index contributed by atoms with van der Waals surface area (Å²) in [5.41, 5.74) is 1.55. The van der Waals surface area contributed by atoms with E-state index in [1.54, 1.807) is 5.56 Å². The van der Waals surface area contributed by atoms with Gasteiger partial charge in [-0.3, -0.25) is 0 Å². The van der Waals surface area contributed by atoms with Crippen LogP contribution >= 0.6 is 11.8 Å². The van der Waals surface area contributed by atoms with Gasteiger partial charge in [-0.05, 0) is 36.9 Å². The minimum atomic E-state index is 0.348. The average Bonchev–Trinajstić information content (AvgIpc) is 2.99. The predicted octanol–water partition coefficient (Wildman–Crippen LogP) is 2.58. The van der Waals surface area contributed by atoms with Gasteiger partial charge in [0, 0.05) is 36.3 Å². The molecule has 0 aromatic heterocycles. The molecule has 98 valence electrons. The average molecular weight is 263 g/mol. The van der Waals surface area contributed by atoms with Gasteiger partial charge < -0.3 is 10.0 Å². The van der Waals surface area contributed by atoms with E-state index in [1.807, 2.05) is 11.8 Å². The fraction of sp³-hybridized carbons (Fsp3) is 0.600. The Balaban J connectivity index is 1.59. The number of hydrogen-bond acceptors (Lipinski definition) is 3. The van der Waals surface area contributed by atoms with Crippen LogP contribution in [0.25, 0.3) is 0 Å². The summed E-state index contributed by atoms with van der Waals surface area (Å²) < 4.78 is 0. The smallest absolute Gasteiger partial charge is 0.0434 e. The van der Waals surface area contributed by atoms with Gasteiger partial charge in [0.1, 0.15) is 0 Å². The molecule has 2 heterocycles. The molecule has 2 atom stereocenters. The van der Waals surface area contributed by atoms with Crippen LogP contribution in [0.15, 0.2) is 29.2 Å². The van der Waals surface area contributed by atoms with E-state index in [0.717, 1.165) is 12.3 Å². The van der Waals surface area contributed by atoms with Gasteiger partial charge in [-0.1, -0.05) is 18.2 Å². The monoisotopic (exact) mass is 263 g/mol. The number of aliphatic hydroxyl groups is 1. The molecule has 0 aliphatic carbocycles. The van der Waals surface area contributed by atoms with Gasteiger partial charge in [-0.15, -0.1) is 11.8 Å². The highest BCUT2D eigenvalue weighted by Gasteiger charge is 2.28. The highest BCUT2D eigenvalue weighted by Crippen LogP contribution is 2.40. The fourth-order valence-corrected chi connectivity index (χ4v) is 4.43. The van der Waals surface area contributed by atoms with Gasteiger partial charge in [0.05, 0.1) is 0 Å². The molecule has 2 aliphatic heterocycles. The lowest BCUT2D eigenvalue weighted by Crippen LogP contribution is -2.26. The van der Waals surface area contributed by atoms with Crippen molar-refractivity contribution in [1.82, 2.24) is 4.90 Å². The molecule has 0 bridgehead atoms. The number of aliphatic hydroxyl groups excluding tert-OH is 1. The van der Waals surface area contributed by atoms with E-state index in [-0.39, 0.29) is 0 Å². The Kier molecular flexibility index (Phi) is 3.92. The molecule has 2 unspecified atom stereocenters. The summed E-state index contributed by atoms with van der Waals surface area (Å²) in [6.45, 7) is 3.95. The zero-order valence-electron chi connectivity index (χ0n) is 10.7. The molecule has 0 spiro atoms. The van der Waals surface area contributed by atoms with Crippen LogP contribution in [-0.4, -0.2) is 42.0 Å². The van der Waals surface area contributed by atoms with E-state index in [4.69, 9.17) is 5.11 Å².